The van der Waals surface area contributed by atoms with E-state index in [9.17, 15) is 18.0 Å². The van der Waals surface area contributed by atoms with Gasteiger partial charge < -0.3 is 10.6 Å². The molecule has 0 bridgehead atoms. The fourth-order valence-electron chi connectivity index (χ4n) is 3.83. The van der Waals surface area contributed by atoms with Gasteiger partial charge in [0.05, 0.1) is 5.69 Å². The number of rotatable bonds is 5. The molecule has 180 valence electrons. The third-order valence-electron chi connectivity index (χ3n) is 5.61. The third kappa shape index (κ3) is 4.50. The molecule has 3 aromatic carbocycles. The van der Waals surface area contributed by atoms with Crippen molar-refractivity contribution >= 4 is 28.7 Å². The number of fused-ring (bicyclic) bond motifs is 1. The predicted octanol–water partition coefficient (Wildman–Crippen LogP) is 6.72. The number of para-hydroxylation sites is 2. The first-order valence-electron chi connectivity index (χ1n) is 11.1. The summed E-state index contributed by atoms with van der Waals surface area (Å²) in [6, 6.07) is 25.3. The molecule has 1 amide bonds. The molecule has 2 aromatic heterocycles. The molecule has 5 aromatic rings. The van der Waals surface area contributed by atoms with Gasteiger partial charge in [-0.15, -0.1) is 5.10 Å². The van der Waals surface area contributed by atoms with Gasteiger partial charge >= 0.3 is 6.18 Å². The van der Waals surface area contributed by atoms with E-state index in [2.05, 4.69) is 20.7 Å². The highest BCUT2D eigenvalue weighted by atomic mass is 19.4. The van der Waals surface area contributed by atoms with E-state index >= 15 is 0 Å². The standard InChI is InChI=1S/C27H20F3N5O/c1-17-10-8-9-15-20(17)32-24-23(26(36)31-19-13-6-3-7-14-19)25-33-21(18-11-4-2-5-12-18)16-22(27(28,29)30)35(25)34-24/h2-16H,1H3,(H,31,36)(H,32,34). The second-order valence-corrected chi connectivity index (χ2v) is 8.11. The number of aryl methyl sites for hydroxylation is 1. The molecular weight excluding hydrogens is 467 g/mol. The Labute approximate surface area is 204 Å². The lowest BCUT2D eigenvalue weighted by atomic mass is 10.1. The molecule has 0 aliphatic rings. The van der Waals surface area contributed by atoms with Gasteiger partial charge in [-0.1, -0.05) is 66.7 Å². The lowest BCUT2D eigenvalue weighted by molar-refractivity contribution is -0.142. The number of nitrogens with one attached hydrogen (secondary N) is 2. The SMILES string of the molecule is Cc1ccccc1Nc1nn2c(C(F)(F)F)cc(-c3ccccc3)nc2c1C(=O)Nc1ccccc1. The smallest absolute Gasteiger partial charge is 0.338 e. The molecule has 36 heavy (non-hydrogen) atoms. The molecule has 0 saturated carbocycles. The summed E-state index contributed by atoms with van der Waals surface area (Å²) < 4.78 is 43.2. The quantitative estimate of drug-likeness (QED) is 0.289. The monoisotopic (exact) mass is 487 g/mol. The fraction of sp³-hybridized carbons (Fsp3) is 0.0741. The minimum absolute atomic E-state index is 0.0408. The number of carbonyl (C=O) groups is 1. The first-order chi connectivity index (χ1) is 17.3. The van der Waals surface area contributed by atoms with Crippen LogP contribution in [0.2, 0.25) is 0 Å². The first kappa shape index (κ1) is 23.1. The van der Waals surface area contributed by atoms with E-state index in [0.29, 0.717) is 21.5 Å². The van der Waals surface area contributed by atoms with Gasteiger partial charge in [-0.25, -0.2) is 9.50 Å². The van der Waals surface area contributed by atoms with Crippen molar-refractivity contribution in [3.63, 3.8) is 0 Å². The van der Waals surface area contributed by atoms with Crippen molar-refractivity contribution in [2.24, 2.45) is 0 Å². The number of nitrogens with zero attached hydrogens (tertiary/aromatic N) is 3. The summed E-state index contributed by atoms with van der Waals surface area (Å²) in [7, 11) is 0. The van der Waals surface area contributed by atoms with Crippen LogP contribution in [0.1, 0.15) is 21.6 Å². The van der Waals surface area contributed by atoms with Crippen LogP contribution in [0.3, 0.4) is 0 Å². The maximum atomic E-state index is 14.2. The van der Waals surface area contributed by atoms with Gasteiger partial charge in [-0.2, -0.15) is 13.2 Å². The van der Waals surface area contributed by atoms with Gasteiger partial charge in [0.2, 0.25) is 0 Å². The molecule has 2 heterocycles. The molecular formula is C27H20F3N5O. The third-order valence-corrected chi connectivity index (χ3v) is 5.61. The second-order valence-electron chi connectivity index (χ2n) is 8.11. The summed E-state index contributed by atoms with van der Waals surface area (Å²) in [5.41, 5.74) is 1.11. The number of hydrogen-bond donors (Lipinski definition) is 2. The van der Waals surface area contributed by atoms with E-state index in [1.54, 1.807) is 72.8 Å². The molecule has 0 aliphatic carbocycles. The lowest BCUT2D eigenvalue weighted by Gasteiger charge is -2.11. The van der Waals surface area contributed by atoms with Crippen molar-refractivity contribution in [2.45, 2.75) is 13.1 Å². The zero-order valence-corrected chi connectivity index (χ0v) is 19.0. The zero-order valence-electron chi connectivity index (χ0n) is 19.0. The summed E-state index contributed by atoms with van der Waals surface area (Å²) in [6.45, 7) is 1.84. The van der Waals surface area contributed by atoms with Crippen LogP contribution in [0.5, 0.6) is 0 Å². The summed E-state index contributed by atoms with van der Waals surface area (Å²) >= 11 is 0. The van der Waals surface area contributed by atoms with Crippen molar-refractivity contribution in [3.05, 3.63) is 108 Å². The van der Waals surface area contributed by atoms with Gasteiger partial charge in [0, 0.05) is 16.9 Å². The lowest BCUT2D eigenvalue weighted by Crippen LogP contribution is -2.16. The molecule has 0 saturated heterocycles. The molecule has 0 radical (unpaired) electrons. The number of aromatic nitrogens is 3. The van der Waals surface area contributed by atoms with E-state index in [1.165, 1.54) is 0 Å². The number of anilines is 3. The largest absolute Gasteiger partial charge is 0.433 e. The molecule has 9 heteroatoms. The topological polar surface area (TPSA) is 71.3 Å². The minimum atomic E-state index is -4.75. The van der Waals surface area contributed by atoms with Crippen molar-refractivity contribution in [3.8, 4) is 11.3 Å². The highest BCUT2D eigenvalue weighted by Gasteiger charge is 2.37. The highest BCUT2D eigenvalue weighted by Crippen LogP contribution is 2.35. The van der Waals surface area contributed by atoms with Gasteiger partial charge in [0.1, 0.15) is 5.56 Å². The number of hydrogen-bond acceptors (Lipinski definition) is 4. The molecule has 5 rings (SSSR count). The molecule has 2 N–H and O–H groups in total. The summed E-state index contributed by atoms with van der Waals surface area (Å²) in [4.78, 5) is 17.9. The van der Waals surface area contributed by atoms with Crippen LogP contribution in [0, 0.1) is 6.92 Å². The van der Waals surface area contributed by atoms with Crippen LogP contribution in [0.25, 0.3) is 16.9 Å². The highest BCUT2D eigenvalue weighted by molar-refractivity contribution is 6.12. The number of halogens is 3. The average molecular weight is 487 g/mol. The van der Waals surface area contributed by atoms with E-state index in [1.807, 2.05) is 19.1 Å². The Kier molecular flexibility index (Phi) is 5.89. The average Bonchev–Trinajstić information content (AvgIpc) is 3.23. The van der Waals surface area contributed by atoms with Crippen molar-refractivity contribution < 1.29 is 18.0 Å². The fourth-order valence-corrected chi connectivity index (χ4v) is 3.83. The zero-order chi connectivity index (χ0) is 25.3. The summed E-state index contributed by atoms with van der Waals surface area (Å²) in [5, 5.41) is 9.95. The summed E-state index contributed by atoms with van der Waals surface area (Å²) in [5.74, 6) is -0.681. The normalized spacial score (nSPS) is 11.4. The Balaban J connectivity index is 1.75. The van der Waals surface area contributed by atoms with Gasteiger partial charge in [0.15, 0.2) is 17.2 Å². The summed E-state index contributed by atoms with van der Waals surface area (Å²) in [6.07, 6.45) is -4.75. The van der Waals surface area contributed by atoms with Gasteiger partial charge in [-0.05, 0) is 36.8 Å². The Morgan fingerprint density at radius 3 is 2.19 bits per heavy atom. The number of carbonyl (C=O) groups excluding carboxylic acids is 1. The molecule has 0 aliphatic heterocycles. The van der Waals surface area contributed by atoms with Crippen LogP contribution in [0.4, 0.5) is 30.4 Å². The maximum absolute atomic E-state index is 14.2. The molecule has 0 unspecified atom stereocenters. The van der Waals surface area contributed by atoms with Crippen molar-refractivity contribution in [1.82, 2.24) is 14.6 Å². The van der Waals surface area contributed by atoms with Crippen LogP contribution >= 0.6 is 0 Å². The number of benzene rings is 3. The molecule has 6 nitrogen and oxygen atoms in total. The predicted molar refractivity (Wildman–Crippen MR) is 132 cm³/mol. The minimum Gasteiger partial charge on any atom is -0.338 e. The second kappa shape index (κ2) is 9.18. The first-order valence-corrected chi connectivity index (χ1v) is 11.1. The van der Waals surface area contributed by atoms with Gasteiger partial charge in [-0.3, -0.25) is 4.79 Å². The van der Waals surface area contributed by atoms with Crippen LogP contribution in [0.15, 0.2) is 91.0 Å². The molecule has 0 fully saturated rings. The Morgan fingerprint density at radius 2 is 1.53 bits per heavy atom. The van der Waals surface area contributed by atoms with E-state index in [0.717, 1.165) is 11.6 Å². The molecule has 0 atom stereocenters. The van der Waals surface area contributed by atoms with E-state index < -0.39 is 17.8 Å². The van der Waals surface area contributed by atoms with Crippen LogP contribution in [-0.4, -0.2) is 20.5 Å². The number of alkyl halides is 3. The van der Waals surface area contributed by atoms with Crippen LogP contribution < -0.4 is 10.6 Å². The van der Waals surface area contributed by atoms with Crippen molar-refractivity contribution in [1.29, 1.82) is 0 Å². The molecule has 0 spiro atoms. The van der Waals surface area contributed by atoms with Crippen LogP contribution in [-0.2, 0) is 6.18 Å². The van der Waals surface area contributed by atoms with E-state index in [-0.39, 0.29) is 22.7 Å². The number of amides is 1. The maximum Gasteiger partial charge on any atom is 0.433 e. The Hall–Kier alpha value is -4.66. The van der Waals surface area contributed by atoms with E-state index in [4.69, 9.17) is 0 Å². The van der Waals surface area contributed by atoms with Gasteiger partial charge in [0.25, 0.3) is 5.91 Å². The Morgan fingerprint density at radius 1 is 0.889 bits per heavy atom. The Bertz CT molecular complexity index is 1550. The van der Waals surface area contributed by atoms with Crippen molar-refractivity contribution in [2.75, 3.05) is 10.6 Å².